The maximum Gasteiger partial charge on any atom is 0.260 e. The molecule has 136 valence electrons. The third-order valence-electron chi connectivity index (χ3n) is 5.03. The molecule has 0 fully saturated rings. The Balaban J connectivity index is 1.48. The van der Waals surface area contributed by atoms with Gasteiger partial charge in [-0.25, -0.2) is 0 Å². The number of benzene rings is 1. The molecule has 1 N–H and O–H groups in total. The fourth-order valence-electron chi connectivity index (χ4n) is 3.62. The number of rotatable bonds is 4. The van der Waals surface area contributed by atoms with E-state index in [4.69, 9.17) is 4.98 Å². The molecule has 2 aliphatic heterocycles. The van der Waals surface area contributed by atoms with Crippen molar-refractivity contribution in [1.29, 1.82) is 0 Å². The van der Waals surface area contributed by atoms with Gasteiger partial charge in [-0.3, -0.25) is 14.8 Å². The highest BCUT2D eigenvalue weighted by molar-refractivity contribution is 5.81. The molecule has 1 aromatic carbocycles. The van der Waals surface area contributed by atoms with Crippen LogP contribution in [0.4, 0.5) is 0 Å². The Bertz CT molecular complexity index is 1290. The summed E-state index contributed by atoms with van der Waals surface area (Å²) in [5.41, 5.74) is 5.40. The van der Waals surface area contributed by atoms with E-state index in [1.54, 1.807) is 17.0 Å². The van der Waals surface area contributed by atoms with Gasteiger partial charge in [0.05, 0.1) is 16.8 Å². The highest BCUT2D eigenvalue weighted by Gasteiger charge is 2.18. The minimum atomic E-state index is 0.0134. The molecule has 5 nitrogen and oxygen atoms in total. The molecule has 0 spiro atoms. The van der Waals surface area contributed by atoms with E-state index in [2.05, 4.69) is 22.1 Å². The topological polar surface area (TPSA) is 63.6 Å². The highest BCUT2D eigenvalue weighted by atomic mass is 16.1. The summed E-state index contributed by atoms with van der Waals surface area (Å²) in [6.45, 7) is 0.592. The van der Waals surface area contributed by atoms with Crippen molar-refractivity contribution in [3.63, 3.8) is 0 Å². The Morgan fingerprint density at radius 3 is 2.68 bits per heavy atom. The van der Waals surface area contributed by atoms with Crippen LogP contribution in [0.5, 0.6) is 0 Å². The molecule has 0 amide bonds. The Hall–Kier alpha value is -3.73. The van der Waals surface area contributed by atoms with Gasteiger partial charge in [-0.15, -0.1) is 0 Å². The van der Waals surface area contributed by atoms with Crippen LogP contribution < -0.4 is 5.56 Å². The summed E-state index contributed by atoms with van der Waals surface area (Å²) in [5.74, 6) is 0. The lowest BCUT2D eigenvalue weighted by Crippen LogP contribution is -2.17. The first-order valence-corrected chi connectivity index (χ1v) is 9.25. The van der Waals surface area contributed by atoms with Crippen molar-refractivity contribution in [3.8, 4) is 22.4 Å². The first-order chi connectivity index (χ1) is 13.8. The van der Waals surface area contributed by atoms with Gasteiger partial charge in [-0.1, -0.05) is 24.3 Å². The van der Waals surface area contributed by atoms with E-state index in [-0.39, 0.29) is 5.56 Å². The Morgan fingerprint density at radius 1 is 0.929 bits per heavy atom. The van der Waals surface area contributed by atoms with Crippen LogP contribution >= 0.6 is 0 Å². The normalized spacial score (nSPS) is 11.3. The Morgan fingerprint density at radius 2 is 1.79 bits per heavy atom. The zero-order valence-corrected chi connectivity index (χ0v) is 15.2. The number of pyridine rings is 3. The fraction of sp³-hybridized carbons (Fsp3) is 0.0870. The van der Waals surface area contributed by atoms with Gasteiger partial charge in [0, 0.05) is 60.0 Å². The fourth-order valence-corrected chi connectivity index (χ4v) is 3.62. The summed E-state index contributed by atoms with van der Waals surface area (Å²) in [5, 5.41) is 1.12. The van der Waals surface area contributed by atoms with Crippen LogP contribution in [-0.2, 0) is 13.0 Å². The molecule has 5 heteroatoms. The average molecular weight is 366 g/mol. The largest absolute Gasteiger partial charge is 0.361 e. The van der Waals surface area contributed by atoms with Gasteiger partial charge in [0.25, 0.3) is 5.56 Å². The molecule has 2 aromatic heterocycles. The lowest BCUT2D eigenvalue weighted by Gasteiger charge is -2.06. The van der Waals surface area contributed by atoms with Gasteiger partial charge in [-0.05, 0) is 30.3 Å². The second-order valence-corrected chi connectivity index (χ2v) is 6.79. The molecule has 0 atom stereocenters. The SMILES string of the molecule is O=c1c2c(-c3ccncc3)[nH]ccc-2cn1CCc1ccc2ccccc2n1. The number of aromatic nitrogens is 4. The van der Waals surface area contributed by atoms with Gasteiger partial charge in [-0.2, -0.15) is 0 Å². The molecular formula is C23H18N4O. The zero-order valence-electron chi connectivity index (χ0n) is 15.2. The smallest absolute Gasteiger partial charge is 0.260 e. The minimum absolute atomic E-state index is 0.0134. The van der Waals surface area contributed by atoms with E-state index in [9.17, 15) is 4.79 Å². The van der Waals surface area contributed by atoms with Crippen molar-refractivity contribution >= 4 is 10.9 Å². The third kappa shape index (κ3) is 2.87. The predicted molar refractivity (Wildman–Crippen MR) is 110 cm³/mol. The molecule has 5 rings (SSSR count). The van der Waals surface area contributed by atoms with Crippen molar-refractivity contribution in [2.24, 2.45) is 0 Å². The molecule has 0 aliphatic carbocycles. The highest BCUT2D eigenvalue weighted by Crippen LogP contribution is 2.29. The monoisotopic (exact) mass is 366 g/mol. The summed E-state index contributed by atoms with van der Waals surface area (Å²) in [7, 11) is 0. The summed E-state index contributed by atoms with van der Waals surface area (Å²) >= 11 is 0. The van der Waals surface area contributed by atoms with Crippen LogP contribution in [0.25, 0.3) is 33.3 Å². The van der Waals surface area contributed by atoms with Crippen LogP contribution in [-0.4, -0.2) is 19.5 Å². The summed E-state index contributed by atoms with van der Waals surface area (Å²) in [6.07, 6.45) is 7.96. The first-order valence-electron chi connectivity index (χ1n) is 9.25. The Kier molecular flexibility index (Phi) is 3.98. The number of hydrogen-bond donors (Lipinski definition) is 1. The van der Waals surface area contributed by atoms with E-state index in [1.807, 2.05) is 54.9 Å². The second kappa shape index (κ2) is 6.78. The van der Waals surface area contributed by atoms with E-state index < -0.39 is 0 Å². The van der Waals surface area contributed by atoms with E-state index >= 15 is 0 Å². The summed E-state index contributed by atoms with van der Waals surface area (Å²) in [6, 6.07) is 17.9. The van der Waals surface area contributed by atoms with Crippen LogP contribution in [0.3, 0.4) is 0 Å². The van der Waals surface area contributed by atoms with Gasteiger partial charge in [0.15, 0.2) is 0 Å². The van der Waals surface area contributed by atoms with Crippen molar-refractivity contribution in [2.75, 3.05) is 0 Å². The summed E-state index contributed by atoms with van der Waals surface area (Å²) in [4.78, 5) is 25.1. The number of nitrogens with zero attached hydrogens (tertiary/aromatic N) is 3. The quantitative estimate of drug-likeness (QED) is 0.520. The van der Waals surface area contributed by atoms with Crippen LogP contribution in [0.2, 0.25) is 0 Å². The number of aryl methyl sites for hydroxylation is 2. The number of para-hydroxylation sites is 1. The number of hydrogen-bond acceptors (Lipinski definition) is 3. The zero-order chi connectivity index (χ0) is 18.9. The van der Waals surface area contributed by atoms with Crippen LogP contribution in [0.1, 0.15) is 5.69 Å². The van der Waals surface area contributed by atoms with Crippen molar-refractivity contribution in [2.45, 2.75) is 13.0 Å². The molecule has 0 saturated carbocycles. The maximum absolute atomic E-state index is 13.1. The number of nitrogens with one attached hydrogen (secondary N) is 1. The molecular weight excluding hydrogens is 348 g/mol. The van der Waals surface area contributed by atoms with Crippen LogP contribution in [0, 0.1) is 0 Å². The predicted octanol–water partition coefficient (Wildman–Crippen LogP) is 4.13. The third-order valence-corrected chi connectivity index (χ3v) is 5.03. The summed E-state index contributed by atoms with van der Waals surface area (Å²) < 4.78 is 1.78. The number of aromatic amines is 1. The van der Waals surface area contributed by atoms with Gasteiger partial charge in [0.1, 0.15) is 0 Å². The van der Waals surface area contributed by atoms with Gasteiger partial charge >= 0.3 is 0 Å². The molecule has 3 aromatic rings. The number of fused-ring (bicyclic) bond motifs is 2. The second-order valence-electron chi connectivity index (χ2n) is 6.79. The van der Waals surface area contributed by atoms with Crippen molar-refractivity contribution in [3.05, 3.63) is 95.4 Å². The van der Waals surface area contributed by atoms with Gasteiger partial charge < -0.3 is 9.55 Å². The minimum Gasteiger partial charge on any atom is -0.361 e. The van der Waals surface area contributed by atoms with E-state index in [0.717, 1.165) is 33.4 Å². The van der Waals surface area contributed by atoms with Crippen molar-refractivity contribution < 1.29 is 0 Å². The first kappa shape index (κ1) is 16.4. The van der Waals surface area contributed by atoms with Crippen LogP contribution in [0.15, 0.2) is 84.2 Å². The van der Waals surface area contributed by atoms with Crippen molar-refractivity contribution in [1.82, 2.24) is 19.5 Å². The molecule has 4 heterocycles. The van der Waals surface area contributed by atoms with E-state index in [0.29, 0.717) is 18.5 Å². The maximum atomic E-state index is 13.1. The van der Waals surface area contributed by atoms with E-state index in [1.165, 1.54) is 0 Å². The molecule has 0 unspecified atom stereocenters. The molecule has 0 radical (unpaired) electrons. The molecule has 0 saturated heterocycles. The molecule has 0 bridgehead atoms. The number of H-pyrrole nitrogens is 1. The average Bonchev–Trinajstić information content (AvgIpc) is 3.08. The molecule has 28 heavy (non-hydrogen) atoms. The standard InChI is InChI=1S/C23H18N4O/c28-23-21-18(9-13-25-22(21)17-7-11-24-12-8-17)15-27(23)14-10-19-6-5-16-3-1-2-4-20(16)26-19/h1-9,11-13,15,25H,10,14H2. The lowest BCUT2D eigenvalue weighted by atomic mass is 10.0. The van der Waals surface area contributed by atoms with Gasteiger partial charge in [0.2, 0.25) is 0 Å². The molecule has 2 aliphatic rings. The Labute approximate surface area is 161 Å². The lowest BCUT2D eigenvalue weighted by molar-refractivity contribution is 0.675.